The Morgan fingerprint density at radius 3 is 2.69 bits per heavy atom. The number of nitrogens with zero attached hydrogens (tertiary/aromatic N) is 5. The van der Waals surface area contributed by atoms with Crippen LogP contribution in [0.2, 0.25) is 5.02 Å². The fourth-order valence-electron chi connectivity index (χ4n) is 4.77. The number of carbonyl (C=O) groups excluding carboxylic acids is 2. The Kier molecular flexibility index (Phi) is 6.82. The van der Waals surface area contributed by atoms with Gasteiger partial charge in [-0.3, -0.25) is 20.0 Å². The Morgan fingerprint density at radius 2 is 1.95 bits per heavy atom. The average molecular weight is 544 g/mol. The van der Waals surface area contributed by atoms with Crippen LogP contribution in [0.25, 0.3) is 11.7 Å². The fraction of sp³-hybridized carbons (Fsp3) is 0.222. The molecular weight excluding hydrogens is 518 g/mol. The van der Waals surface area contributed by atoms with E-state index in [1.54, 1.807) is 22.9 Å². The van der Waals surface area contributed by atoms with Gasteiger partial charge in [-0.15, -0.1) is 0 Å². The smallest absolute Gasteiger partial charge is 0.326 e. The second kappa shape index (κ2) is 10.7. The lowest BCUT2D eigenvalue weighted by Crippen LogP contribution is -2.39. The molecule has 3 aromatic heterocycles. The molecule has 12 heteroatoms. The van der Waals surface area contributed by atoms with Gasteiger partial charge in [0.05, 0.1) is 11.9 Å². The monoisotopic (exact) mass is 543 g/mol. The second-order valence-corrected chi connectivity index (χ2v) is 9.92. The second-order valence-electron chi connectivity index (χ2n) is 9.48. The van der Waals surface area contributed by atoms with Gasteiger partial charge in [0, 0.05) is 54.2 Å². The topological polar surface area (TPSA) is 129 Å². The summed E-state index contributed by atoms with van der Waals surface area (Å²) in [7, 11) is 0. The summed E-state index contributed by atoms with van der Waals surface area (Å²) in [4.78, 5) is 35.3. The number of urea groups is 1. The molecule has 2 saturated heterocycles. The van der Waals surface area contributed by atoms with E-state index in [4.69, 9.17) is 16.6 Å². The first-order valence-electron chi connectivity index (χ1n) is 12.6. The lowest BCUT2D eigenvalue weighted by molar-refractivity contribution is -0.115. The van der Waals surface area contributed by atoms with Gasteiger partial charge in [0.25, 0.3) is 5.91 Å². The summed E-state index contributed by atoms with van der Waals surface area (Å²) < 4.78 is 1.71. The van der Waals surface area contributed by atoms with Crippen molar-refractivity contribution in [1.29, 1.82) is 0 Å². The van der Waals surface area contributed by atoms with Crippen molar-refractivity contribution in [3.8, 4) is 0 Å². The highest BCUT2D eigenvalue weighted by Crippen LogP contribution is 2.26. The number of hydrogen-bond donors (Lipinski definition) is 4. The number of hydrogen-bond acceptors (Lipinski definition) is 8. The standard InChI is InChI=1S/C27H26ClN9O2/c28-18-4-3-6-20(13-18)31-23-14-24(32-19-7-10-36(11-8-19)16-21-5-1-2-9-29-21)37-25(34-23)17(15-30-37)12-22-26(38)35-27(39)33-22/h1-6,9,12-15,19,32H,7-8,10-11,16H2,(H,31,34)(H2,33,35,38,39). The van der Waals surface area contributed by atoms with Crippen LogP contribution in [0.5, 0.6) is 0 Å². The number of benzene rings is 1. The summed E-state index contributed by atoms with van der Waals surface area (Å²) in [5.41, 5.74) is 3.11. The highest BCUT2D eigenvalue weighted by molar-refractivity contribution is 6.30. The van der Waals surface area contributed by atoms with Crippen LogP contribution in [0.3, 0.4) is 0 Å². The van der Waals surface area contributed by atoms with E-state index in [2.05, 4.69) is 42.3 Å². The molecule has 4 aromatic rings. The van der Waals surface area contributed by atoms with Gasteiger partial charge in [0.15, 0.2) is 5.65 Å². The third kappa shape index (κ3) is 5.69. The molecule has 0 saturated carbocycles. The largest absolute Gasteiger partial charge is 0.367 e. The number of imide groups is 1. The summed E-state index contributed by atoms with van der Waals surface area (Å²) in [5, 5.41) is 16.8. The molecule has 0 radical (unpaired) electrons. The Bertz CT molecular complexity index is 1560. The summed E-state index contributed by atoms with van der Waals surface area (Å²) in [6.07, 6.45) is 6.93. The van der Waals surface area contributed by atoms with Crippen molar-refractivity contribution in [2.24, 2.45) is 0 Å². The van der Waals surface area contributed by atoms with E-state index in [1.807, 2.05) is 42.6 Å². The van der Waals surface area contributed by atoms with E-state index in [9.17, 15) is 9.59 Å². The van der Waals surface area contributed by atoms with E-state index in [-0.39, 0.29) is 11.7 Å². The van der Waals surface area contributed by atoms with Crippen molar-refractivity contribution in [3.63, 3.8) is 0 Å². The van der Waals surface area contributed by atoms with Crippen molar-refractivity contribution in [2.45, 2.75) is 25.4 Å². The first-order chi connectivity index (χ1) is 19.0. The highest BCUT2D eigenvalue weighted by atomic mass is 35.5. The van der Waals surface area contributed by atoms with Crippen LogP contribution in [0.4, 0.5) is 22.1 Å². The third-order valence-electron chi connectivity index (χ3n) is 6.67. The minimum atomic E-state index is -0.560. The summed E-state index contributed by atoms with van der Waals surface area (Å²) >= 11 is 6.18. The lowest BCUT2D eigenvalue weighted by atomic mass is 10.0. The Hall–Kier alpha value is -4.48. The van der Waals surface area contributed by atoms with E-state index in [0.29, 0.717) is 22.1 Å². The summed E-state index contributed by atoms with van der Waals surface area (Å²) in [6, 6.07) is 15.0. The van der Waals surface area contributed by atoms with Crippen LogP contribution >= 0.6 is 11.6 Å². The molecule has 2 fully saturated rings. The van der Waals surface area contributed by atoms with Crippen molar-refractivity contribution in [2.75, 3.05) is 23.7 Å². The van der Waals surface area contributed by atoms with Crippen LogP contribution in [0.1, 0.15) is 24.1 Å². The molecule has 5 heterocycles. The number of piperidine rings is 1. The van der Waals surface area contributed by atoms with Gasteiger partial charge in [-0.05, 0) is 49.2 Å². The third-order valence-corrected chi connectivity index (χ3v) is 6.90. The summed E-state index contributed by atoms with van der Waals surface area (Å²) in [5.74, 6) is 0.848. The van der Waals surface area contributed by atoms with E-state index < -0.39 is 11.9 Å². The van der Waals surface area contributed by atoms with Gasteiger partial charge in [0.1, 0.15) is 17.3 Å². The zero-order valence-electron chi connectivity index (χ0n) is 20.9. The van der Waals surface area contributed by atoms with Crippen LogP contribution in [0, 0.1) is 0 Å². The molecule has 0 bridgehead atoms. The predicted octanol–water partition coefficient (Wildman–Crippen LogP) is 3.78. The molecule has 2 aliphatic rings. The van der Waals surface area contributed by atoms with Crippen LogP contribution in [-0.4, -0.2) is 55.6 Å². The van der Waals surface area contributed by atoms with Crippen molar-refractivity contribution < 1.29 is 9.59 Å². The molecule has 6 rings (SSSR count). The SMILES string of the molecule is O=C1NC(=O)C(=Cc2cnn3c(NC4CCN(Cc5ccccn5)CC4)cc(Nc4cccc(Cl)c4)nc23)N1. The molecule has 198 valence electrons. The molecule has 3 amide bonds. The molecule has 0 aliphatic carbocycles. The zero-order valence-corrected chi connectivity index (χ0v) is 21.7. The van der Waals surface area contributed by atoms with Gasteiger partial charge in [-0.2, -0.15) is 9.61 Å². The van der Waals surface area contributed by atoms with E-state index in [0.717, 1.165) is 49.7 Å². The van der Waals surface area contributed by atoms with E-state index >= 15 is 0 Å². The predicted molar refractivity (Wildman–Crippen MR) is 149 cm³/mol. The molecule has 11 nitrogen and oxygen atoms in total. The molecule has 4 N–H and O–H groups in total. The van der Waals surface area contributed by atoms with Crippen LogP contribution < -0.4 is 21.3 Å². The van der Waals surface area contributed by atoms with Crippen molar-refractivity contribution in [3.05, 3.63) is 82.9 Å². The number of anilines is 3. The maximum Gasteiger partial charge on any atom is 0.326 e. The van der Waals surface area contributed by atoms with Gasteiger partial charge >= 0.3 is 6.03 Å². The number of pyridine rings is 1. The molecule has 39 heavy (non-hydrogen) atoms. The first-order valence-corrected chi connectivity index (χ1v) is 13.0. The van der Waals surface area contributed by atoms with Crippen molar-refractivity contribution in [1.82, 2.24) is 35.1 Å². The van der Waals surface area contributed by atoms with Gasteiger partial charge < -0.3 is 16.0 Å². The van der Waals surface area contributed by atoms with Gasteiger partial charge in [-0.1, -0.05) is 23.7 Å². The highest BCUT2D eigenvalue weighted by Gasteiger charge is 2.25. The number of carbonyl (C=O) groups is 2. The number of halogens is 1. The molecule has 0 atom stereocenters. The van der Waals surface area contributed by atoms with E-state index in [1.165, 1.54) is 0 Å². The molecule has 1 aromatic carbocycles. The number of rotatable bonds is 7. The maximum absolute atomic E-state index is 12.1. The minimum Gasteiger partial charge on any atom is -0.367 e. The normalized spacial score (nSPS) is 17.4. The number of aromatic nitrogens is 4. The van der Waals surface area contributed by atoms with Crippen LogP contribution in [0.15, 0.2) is 66.6 Å². The molecular formula is C27H26ClN9O2. The zero-order chi connectivity index (χ0) is 26.8. The number of amides is 3. The lowest BCUT2D eigenvalue weighted by Gasteiger charge is -2.32. The minimum absolute atomic E-state index is 0.139. The number of likely N-dealkylation sites (tertiary alicyclic amines) is 1. The Balaban J connectivity index is 1.26. The molecule has 2 aliphatic heterocycles. The molecule has 0 spiro atoms. The summed E-state index contributed by atoms with van der Waals surface area (Å²) in [6.45, 7) is 2.73. The fourth-order valence-corrected chi connectivity index (χ4v) is 4.96. The maximum atomic E-state index is 12.1. The number of fused-ring (bicyclic) bond motifs is 1. The first kappa shape index (κ1) is 24.8. The van der Waals surface area contributed by atoms with Gasteiger partial charge in [0.2, 0.25) is 0 Å². The van der Waals surface area contributed by atoms with Crippen LogP contribution in [-0.2, 0) is 11.3 Å². The number of nitrogens with one attached hydrogen (secondary N) is 4. The van der Waals surface area contributed by atoms with Gasteiger partial charge in [-0.25, -0.2) is 9.78 Å². The quantitative estimate of drug-likeness (QED) is 0.205. The average Bonchev–Trinajstić information content (AvgIpc) is 3.47. The molecule has 0 unspecified atom stereocenters. The Labute approximate surface area is 229 Å². The Morgan fingerprint density at radius 1 is 1.08 bits per heavy atom. The van der Waals surface area contributed by atoms with Crippen molar-refractivity contribution >= 4 is 52.6 Å².